The zero-order valence-corrected chi connectivity index (χ0v) is 10.5. The summed E-state index contributed by atoms with van der Waals surface area (Å²) in [4.78, 5) is 0. The Bertz CT molecular complexity index is 350. The normalized spacial score (nSPS) is 10.5. The second-order valence-corrected chi connectivity index (χ2v) is 4.04. The molecule has 1 N–H and O–H groups in total. The van der Waals surface area contributed by atoms with E-state index in [1.807, 2.05) is 20.0 Å². The van der Waals surface area contributed by atoms with E-state index in [4.69, 9.17) is 16.3 Å². The predicted molar refractivity (Wildman–Crippen MR) is 65.1 cm³/mol. The van der Waals surface area contributed by atoms with Crippen molar-refractivity contribution < 1.29 is 4.74 Å². The molecule has 1 aromatic rings. The number of hydrogen-bond acceptors (Lipinski definition) is 2. The van der Waals surface area contributed by atoms with Crippen molar-refractivity contribution in [1.29, 1.82) is 0 Å². The third-order valence-corrected chi connectivity index (χ3v) is 3.14. The van der Waals surface area contributed by atoms with Gasteiger partial charge in [-0.2, -0.15) is 0 Å². The molecular weight excluding hydrogens is 210 g/mol. The lowest BCUT2D eigenvalue weighted by Crippen LogP contribution is -2.12. The number of hydrogen-bond donors (Lipinski definition) is 1. The minimum absolute atomic E-state index is 0.731. The molecule has 0 fully saturated rings. The molecule has 0 aliphatic rings. The molecule has 0 heterocycles. The van der Waals surface area contributed by atoms with Gasteiger partial charge in [0.05, 0.1) is 12.1 Å². The van der Waals surface area contributed by atoms with Crippen LogP contribution in [0.4, 0.5) is 0 Å². The highest BCUT2D eigenvalue weighted by molar-refractivity contribution is 6.33. The van der Waals surface area contributed by atoms with E-state index in [1.165, 1.54) is 11.1 Å². The summed E-state index contributed by atoms with van der Waals surface area (Å²) in [6, 6.07) is 2.00. The number of ether oxygens (including phenoxy) is 1. The first-order valence-corrected chi connectivity index (χ1v) is 5.46. The summed E-state index contributed by atoms with van der Waals surface area (Å²) in [6.45, 7) is 5.10. The Morgan fingerprint density at radius 3 is 2.60 bits per heavy atom. The van der Waals surface area contributed by atoms with Crippen molar-refractivity contribution in [3.8, 4) is 5.75 Å². The van der Waals surface area contributed by atoms with Gasteiger partial charge in [-0.05, 0) is 56.6 Å². The third kappa shape index (κ3) is 2.64. The van der Waals surface area contributed by atoms with Crippen LogP contribution < -0.4 is 10.1 Å². The van der Waals surface area contributed by atoms with E-state index >= 15 is 0 Å². The maximum absolute atomic E-state index is 6.20. The quantitative estimate of drug-likeness (QED) is 0.854. The summed E-state index contributed by atoms with van der Waals surface area (Å²) >= 11 is 6.20. The summed E-state index contributed by atoms with van der Waals surface area (Å²) in [5, 5.41) is 3.88. The van der Waals surface area contributed by atoms with E-state index in [0.29, 0.717) is 0 Å². The Morgan fingerprint density at radius 1 is 1.40 bits per heavy atom. The van der Waals surface area contributed by atoms with Crippen LogP contribution in [0.5, 0.6) is 5.75 Å². The van der Waals surface area contributed by atoms with Gasteiger partial charge in [-0.15, -0.1) is 0 Å². The molecule has 0 radical (unpaired) electrons. The number of nitrogens with one attached hydrogen (secondary N) is 1. The third-order valence-electron chi connectivity index (χ3n) is 2.67. The fraction of sp³-hybridized carbons (Fsp3) is 0.500. The van der Waals surface area contributed by atoms with E-state index in [-0.39, 0.29) is 0 Å². The number of likely N-dealkylation sites (N-methyl/N-ethyl adjacent to an activating group) is 1. The van der Waals surface area contributed by atoms with E-state index < -0.39 is 0 Å². The number of benzene rings is 1. The number of methoxy groups -OCH3 is 1. The van der Waals surface area contributed by atoms with E-state index in [1.54, 1.807) is 7.11 Å². The van der Waals surface area contributed by atoms with E-state index in [0.717, 1.165) is 29.3 Å². The van der Waals surface area contributed by atoms with Gasteiger partial charge in [0.1, 0.15) is 5.75 Å². The number of rotatable bonds is 4. The molecular formula is C12H18ClNO. The van der Waals surface area contributed by atoms with Gasteiger partial charge in [-0.25, -0.2) is 0 Å². The molecule has 0 amide bonds. The molecule has 1 rings (SSSR count). The molecule has 0 bridgehead atoms. The highest BCUT2D eigenvalue weighted by atomic mass is 35.5. The SMILES string of the molecule is CNCCc1c(C)cc(OC)c(Cl)c1C. The summed E-state index contributed by atoms with van der Waals surface area (Å²) < 4.78 is 5.22. The van der Waals surface area contributed by atoms with Gasteiger partial charge in [0.15, 0.2) is 0 Å². The topological polar surface area (TPSA) is 21.3 Å². The van der Waals surface area contributed by atoms with Crippen LogP contribution in [0.3, 0.4) is 0 Å². The standard InChI is InChI=1S/C12H18ClNO/c1-8-7-11(15-4)12(13)9(2)10(8)5-6-14-3/h7,14H,5-6H2,1-4H3. The van der Waals surface area contributed by atoms with E-state index in [2.05, 4.69) is 12.2 Å². The van der Waals surface area contributed by atoms with Crippen LogP contribution in [0.15, 0.2) is 6.07 Å². The van der Waals surface area contributed by atoms with Crippen LogP contribution in [-0.2, 0) is 6.42 Å². The highest BCUT2D eigenvalue weighted by Crippen LogP contribution is 2.32. The van der Waals surface area contributed by atoms with Crippen LogP contribution in [0, 0.1) is 13.8 Å². The van der Waals surface area contributed by atoms with Crippen LogP contribution in [0.25, 0.3) is 0 Å². The minimum atomic E-state index is 0.731. The molecule has 0 saturated carbocycles. The number of aryl methyl sites for hydroxylation is 1. The first kappa shape index (κ1) is 12.3. The van der Waals surface area contributed by atoms with Crippen LogP contribution in [0.2, 0.25) is 5.02 Å². The Kier molecular flexibility index (Phi) is 4.43. The molecule has 84 valence electrons. The van der Waals surface area contributed by atoms with Crippen LogP contribution in [0.1, 0.15) is 16.7 Å². The molecule has 0 unspecified atom stereocenters. The molecule has 0 aliphatic heterocycles. The van der Waals surface area contributed by atoms with Crippen molar-refractivity contribution >= 4 is 11.6 Å². The predicted octanol–water partition coefficient (Wildman–Crippen LogP) is 2.73. The number of halogens is 1. The lowest BCUT2D eigenvalue weighted by Gasteiger charge is -2.14. The minimum Gasteiger partial charge on any atom is -0.495 e. The second kappa shape index (κ2) is 5.38. The van der Waals surface area contributed by atoms with Gasteiger partial charge in [-0.3, -0.25) is 0 Å². The lowest BCUT2D eigenvalue weighted by molar-refractivity contribution is 0.414. The fourth-order valence-electron chi connectivity index (χ4n) is 1.74. The molecule has 0 atom stereocenters. The molecule has 2 nitrogen and oxygen atoms in total. The fourth-order valence-corrected chi connectivity index (χ4v) is 1.99. The maximum atomic E-state index is 6.20. The van der Waals surface area contributed by atoms with Crippen molar-refractivity contribution in [3.05, 3.63) is 27.8 Å². The second-order valence-electron chi connectivity index (χ2n) is 3.67. The van der Waals surface area contributed by atoms with Crippen LogP contribution in [-0.4, -0.2) is 20.7 Å². The summed E-state index contributed by atoms with van der Waals surface area (Å²) in [5.74, 6) is 0.764. The molecule has 0 aromatic heterocycles. The highest BCUT2D eigenvalue weighted by Gasteiger charge is 2.11. The molecule has 3 heteroatoms. The van der Waals surface area contributed by atoms with Gasteiger partial charge < -0.3 is 10.1 Å². The summed E-state index contributed by atoms with van der Waals surface area (Å²) in [5.41, 5.74) is 3.68. The van der Waals surface area contributed by atoms with Gasteiger partial charge in [0.25, 0.3) is 0 Å². The van der Waals surface area contributed by atoms with Gasteiger partial charge in [0.2, 0.25) is 0 Å². The zero-order valence-electron chi connectivity index (χ0n) is 9.78. The maximum Gasteiger partial charge on any atom is 0.138 e. The van der Waals surface area contributed by atoms with Crippen molar-refractivity contribution in [2.24, 2.45) is 0 Å². The van der Waals surface area contributed by atoms with E-state index in [9.17, 15) is 0 Å². The smallest absolute Gasteiger partial charge is 0.138 e. The lowest BCUT2D eigenvalue weighted by atomic mass is 9.99. The monoisotopic (exact) mass is 227 g/mol. The Morgan fingerprint density at radius 2 is 2.07 bits per heavy atom. The first-order valence-electron chi connectivity index (χ1n) is 5.09. The Balaban J connectivity index is 3.11. The molecule has 1 aromatic carbocycles. The van der Waals surface area contributed by atoms with Crippen molar-refractivity contribution in [1.82, 2.24) is 5.32 Å². The Labute approximate surface area is 96.6 Å². The molecule has 15 heavy (non-hydrogen) atoms. The largest absolute Gasteiger partial charge is 0.495 e. The van der Waals surface area contributed by atoms with Gasteiger partial charge in [0, 0.05) is 0 Å². The first-order chi connectivity index (χ1) is 7.11. The molecule has 0 spiro atoms. The van der Waals surface area contributed by atoms with Gasteiger partial charge >= 0.3 is 0 Å². The van der Waals surface area contributed by atoms with Crippen molar-refractivity contribution in [2.45, 2.75) is 20.3 Å². The zero-order chi connectivity index (χ0) is 11.4. The molecule has 0 aliphatic carbocycles. The summed E-state index contributed by atoms with van der Waals surface area (Å²) in [6.07, 6.45) is 0.998. The average Bonchev–Trinajstić information content (AvgIpc) is 2.23. The van der Waals surface area contributed by atoms with Gasteiger partial charge in [-0.1, -0.05) is 11.6 Å². The van der Waals surface area contributed by atoms with Crippen molar-refractivity contribution in [2.75, 3.05) is 20.7 Å². The Hall–Kier alpha value is -0.730. The van der Waals surface area contributed by atoms with Crippen LogP contribution >= 0.6 is 11.6 Å². The van der Waals surface area contributed by atoms with Crippen molar-refractivity contribution in [3.63, 3.8) is 0 Å². The molecule has 0 saturated heterocycles. The summed E-state index contributed by atoms with van der Waals surface area (Å²) in [7, 11) is 3.60. The average molecular weight is 228 g/mol.